The molecule has 5 unspecified atom stereocenters. The molecule has 0 aromatic rings. The lowest BCUT2D eigenvalue weighted by atomic mass is 9.87. The Hall–Kier alpha value is -0.570. The topological polar surface area (TPSA) is 32.3 Å². The number of fused-ring (bicyclic) bond motifs is 2. The van der Waals surface area contributed by atoms with Gasteiger partial charge in [-0.05, 0) is 44.9 Å². The standard InChI is InChI=1S/C14H24N2O/c1-9-7-16(8-10(2)15-9)14(17)13-6-11-3-4-12(13)5-11/h9-13,15H,3-8H2,1-2H3. The zero-order chi connectivity index (χ0) is 12.0. The number of carbonyl (C=O) groups is 1. The van der Waals surface area contributed by atoms with Gasteiger partial charge in [-0.1, -0.05) is 6.42 Å². The van der Waals surface area contributed by atoms with Gasteiger partial charge in [-0.25, -0.2) is 0 Å². The summed E-state index contributed by atoms with van der Waals surface area (Å²) >= 11 is 0. The van der Waals surface area contributed by atoms with Gasteiger partial charge in [0.05, 0.1) is 0 Å². The van der Waals surface area contributed by atoms with Crippen LogP contribution in [0.15, 0.2) is 0 Å². The van der Waals surface area contributed by atoms with E-state index in [9.17, 15) is 4.79 Å². The maximum absolute atomic E-state index is 12.6. The van der Waals surface area contributed by atoms with Crippen molar-refractivity contribution < 1.29 is 4.79 Å². The van der Waals surface area contributed by atoms with Crippen LogP contribution in [0.2, 0.25) is 0 Å². The van der Waals surface area contributed by atoms with Crippen LogP contribution in [0.5, 0.6) is 0 Å². The third-order valence-electron chi connectivity index (χ3n) is 4.92. The van der Waals surface area contributed by atoms with Gasteiger partial charge in [0.2, 0.25) is 5.91 Å². The van der Waals surface area contributed by atoms with Gasteiger partial charge in [-0.15, -0.1) is 0 Å². The van der Waals surface area contributed by atoms with Gasteiger partial charge < -0.3 is 10.2 Å². The van der Waals surface area contributed by atoms with Gasteiger partial charge in [0.1, 0.15) is 0 Å². The fourth-order valence-corrected chi connectivity index (χ4v) is 4.29. The highest BCUT2D eigenvalue weighted by molar-refractivity contribution is 5.80. The average molecular weight is 236 g/mol. The van der Waals surface area contributed by atoms with Gasteiger partial charge in [-0.3, -0.25) is 4.79 Å². The van der Waals surface area contributed by atoms with Crippen molar-refractivity contribution in [3.63, 3.8) is 0 Å². The van der Waals surface area contributed by atoms with Gasteiger partial charge in [0, 0.05) is 31.1 Å². The third kappa shape index (κ3) is 2.10. The Morgan fingerprint density at radius 3 is 2.35 bits per heavy atom. The number of amides is 1. The summed E-state index contributed by atoms with van der Waals surface area (Å²) in [6.45, 7) is 6.15. The Morgan fingerprint density at radius 2 is 1.82 bits per heavy atom. The van der Waals surface area contributed by atoms with Crippen molar-refractivity contribution in [2.45, 2.75) is 51.6 Å². The minimum atomic E-state index is 0.367. The van der Waals surface area contributed by atoms with Crippen LogP contribution in [-0.2, 0) is 4.79 Å². The Kier molecular flexibility index (Phi) is 2.89. The number of carbonyl (C=O) groups excluding carboxylic acids is 1. The van der Waals surface area contributed by atoms with Crippen molar-refractivity contribution in [1.82, 2.24) is 10.2 Å². The van der Waals surface area contributed by atoms with Crippen molar-refractivity contribution in [2.24, 2.45) is 17.8 Å². The first-order valence-electron chi connectivity index (χ1n) is 7.18. The third-order valence-corrected chi connectivity index (χ3v) is 4.92. The summed E-state index contributed by atoms with van der Waals surface area (Å²) in [5, 5.41) is 3.49. The summed E-state index contributed by atoms with van der Waals surface area (Å²) in [6.07, 6.45) is 5.19. The van der Waals surface area contributed by atoms with Crippen molar-refractivity contribution in [3.8, 4) is 0 Å². The Bertz CT molecular complexity index is 307. The van der Waals surface area contributed by atoms with Crippen LogP contribution in [-0.4, -0.2) is 36.0 Å². The smallest absolute Gasteiger partial charge is 0.226 e. The van der Waals surface area contributed by atoms with Gasteiger partial charge >= 0.3 is 0 Å². The minimum Gasteiger partial charge on any atom is -0.339 e. The summed E-state index contributed by atoms with van der Waals surface area (Å²) in [5.74, 6) is 2.41. The van der Waals surface area contributed by atoms with Crippen molar-refractivity contribution in [1.29, 1.82) is 0 Å². The van der Waals surface area contributed by atoms with E-state index in [-0.39, 0.29) is 0 Å². The zero-order valence-corrected chi connectivity index (χ0v) is 11.0. The molecule has 1 N–H and O–H groups in total. The molecule has 5 atom stereocenters. The SMILES string of the molecule is CC1CN(C(=O)C2CC3CCC2C3)CC(C)N1. The monoisotopic (exact) mass is 236 g/mol. The van der Waals surface area contributed by atoms with E-state index in [1.807, 2.05) is 0 Å². The average Bonchev–Trinajstić information content (AvgIpc) is 2.88. The zero-order valence-electron chi connectivity index (χ0n) is 11.0. The first-order chi connectivity index (χ1) is 8.13. The van der Waals surface area contributed by atoms with Crippen LogP contribution >= 0.6 is 0 Å². The van der Waals surface area contributed by atoms with Crippen LogP contribution < -0.4 is 5.32 Å². The molecule has 2 saturated carbocycles. The molecule has 2 aliphatic carbocycles. The number of piperazine rings is 1. The summed E-state index contributed by atoms with van der Waals surface area (Å²) in [7, 11) is 0. The van der Waals surface area contributed by atoms with Crippen LogP contribution in [0.4, 0.5) is 0 Å². The van der Waals surface area contributed by atoms with E-state index in [4.69, 9.17) is 0 Å². The molecule has 3 aliphatic rings. The number of rotatable bonds is 1. The first kappa shape index (κ1) is 11.5. The molecule has 1 amide bonds. The van der Waals surface area contributed by atoms with E-state index in [2.05, 4.69) is 24.1 Å². The molecule has 3 fully saturated rings. The second kappa shape index (κ2) is 4.27. The molecular formula is C14H24N2O. The quantitative estimate of drug-likeness (QED) is 0.750. The van der Waals surface area contributed by atoms with Gasteiger partial charge in [0.25, 0.3) is 0 Å². The second-order valence-electron chi connectivity index (χ2n) is 6.49. The Morgan fingerprint density at radius 1 is 1.12 bits per heavy atom. The highest BCUT2D eigenvalue weighted by atomic mass is 16.2. The number of nitrogens with zero attached hydrogens (tertiary/aromatic N) is 1. The Balaban J connectivity index is 1.65. The predicted octanol–water partition coefficient (Wildman–Crippen LogP) is 1.63. The van der Waals surface area contributed by atoms with E-state index in [0.29, 0.717) is 29.8 Å². The second-order valence-corrected chi connectivity index (χ2v) is 6.49. The summed E-state index contributed by atoms with van der Waals surface area (Å²) in [6, 6.07) is 0.891. The molecule has 96 valence electrons. The highest BCUT2D eigenvalue weighted by Crippen LogP contribution is 2.48. The molecule has 1 aliphatic heterocycles. The normalized spacial score (nSPS) is 45.3. The van der Waals surface area contributed by atoms with Crippen LogP contribution in [0.3, 0.4) is 0 Å². The van der Waals surface area contributed by atoms with Crippen LogP contribution in [0, 0.1) is 17.8 Å². The molecule has 3 heteroatoms. The first-order valence-corrected chi connectivity index (χ1v) is 7.18. The molecule has 0 spiro atoms. The molecule has 0 aromatic carbocycles. The molecule has 0 aromatic heterocycles. The lowest BCUT2D eigenvalue weighted by molar-refractivity contribution is -0.139. The van der Waals surface area contributed by atoms with Crippen molar-refractivity contribution in [3.05, 3.63) is 0 Å². The molecule has 3 rings (SSSR count). The van der Waals surface area contributed by atoms with E-state index >= 15 is 0 Å². The highest BCUT2D eigenvalue weighted by Gasteiger charge is 2.44. The van der Waals surface area contributed by atoms with E-state index < -0.39 is 0 Å². The predicted molar refractivity (Wildman–Crippen MR) is 67.6 cm³/mol. The molecule has 17 heavy (non-hydrogen) atoms. The van der Waals surface area contributed by atoms with Crippen molar-refractivity contribution in [2.75, 3.05) is 13.1 Å². The van der Waals surface area contributed by atoms with E-state index in [0.717, 1.165) is 19.0 Å². The lowest BCUT2D eigenvalue weighted by Crippen LogP contribution is -2.57. The van der Waals surface area contributed by atoms with Crippen LogP contribution in [0.25, 0.3) is 0 Å². The minimum absolute atomic E-state index is 0.367. The largest absolute Gasteiger partial charge is 0.339 e. The lowest BCUT2D eigenvalue weighted by Gasteiger charge is -2.38. The van der Waals surface area contributed by atoms with Gasteiger partial charge in [0.15, 0.2) is 0 Å². The molecule has 2 bridgehead atoms. The Labute approximate surface area is 104 Å². The fourth-order valence-electron chi connectivity index (χ4n) is 4.29. The van der Waals surface area contributed by atoms with Crippen molar-refractivity contribution >= 4 is 5.91 Å². The maximum Gasteiger partial charge on any atom is 0.226 e. The molecular weight excluding hydrogens is 212 g/mol. The maximum atomic E-state index is 12.6. The summed E-state index contributed by atoms with van der Waals surface area (Å²) < 4.78 is 0. The van der Waals surface area contributed by atoms with E-state index in [1.165, 1.54) is 25.7 Å². The number of hydrogen-bond acceptors (Lipinski definition) is 2. The molecule has 0 radical (unpaired) electrons. The fraction of sp³-hybridized carbons (Fsp3) is 0.929. The van der Waals surface area contributed by atoms with E-state index in [1.54, 1.807) is 0 Å². The summed E-state index contributed by atoms with van der Waals surface area (Å²) in [5.41, 5.74) is 0. The van der Waals surface area contributed by atoms with Gasteiger partial charge in [-0.2, -0.15) is 0 Å². The molecule has 1 heterocycles. The molecule has 1 saturated heterocycles. The summed E-state index contributed by atoms with van der Waals surface area (Å²) in [4.78, 5) is 14.7. The number of hydrogen-bond donors (Lipinski definition) is 1. The molecule has 3 nitrogen and oxygen atoms in total. The number of nitrogens with one attached hydrogen (secondary N) is 1. The van der Waals surface area contributed by atoms with Crippen LogP contribution in [0.1, 0.15) is 39.5 Å².